The molecule has 186 valence electrons. The summed E-state index contributed by atoms with van der Waals surface area (Å²) in [4.78, 5) is 13.2. The second-order valence-electron chi connectivity index (χ2n) is 9.92. The number of benzene rings is 3. The van der Waals surface area contributed by atoms with Crippen molar-refractivity contribution in [3.8, 4) is 0 Å². The number of carbonyl (C=O) groups excluding carboxylic acids is 1. The first kappa shape index (κ1) is 26.8. The normalized spacial score (nSPS) is 12.8. The Labute approximate surface area is 214 Å². The van der Waals surface area contributed by atoms with Gasteiger partial charge in [-0.25, -0.2) is 8.42 Å². The van der Waals surface area contributed by atoms with Crippen LogP contribution < -0.4 is 9.62 Å². The predicted molar refractivity (Wildman–Crippen MR) is 144 cm³/mol. The Morgan fingerprint density at radius 3 is 2.14 bits per heavy atom. The highest BCUT2D eigenvalue weighted by atomic mass is 35.5. The number of amides is 1. The summed E-state index contributed by atoms with van der Waals surface area (Å²) in [5.41, 5.74) is 4.19. The molecule has 5 nitrogen and oxygen atoms in total. The highest BCUT2D eigenvalue weighted by molar-refractivity contribution is 7.92. The fraction of sp³-hybridized carbons (Fsp3) is 0.321. The average Bonchev–Trinajstić information content (AvgIpc) is 2.79. The molecule has 0 unspecified atom stereocenters. The predicted octanol–water partition coefficient (Wildman–Crippen LogP) is 6.33. The standard InChI is InChI=1S/C28H33ClN2O3S/c1-19-7-15-25(16-8-19)35(33,34)31(26-17-24(29)14-9-20(26)2)18-27(32)30-21(3)22-10-12-23(13-11-22)28(4,5)6/h7-17,21H,18H2,1-6H3,(H,30,32)/t21-/m1/s1. The van der Waals surface area contributed by atoms with E-state index in [1.165, 1.54) is 5.56 Å². The van der Waals surface area contributed by atoms with Crippen molar-refractivity contribution in [3.05, 3.63) is 94.0 Å². The Morgan fingerprint density at radius 1 is 0.971 bits per heavy atom. The molecule has 0 aliphatic heterocycles. The molecule has 1 N–H and O–H groups in total. The summed E-state index contributed by atoms with van der Waals surface area (Å²) in [5.74, 6) is -0.410. The minimum atomic E-state index is -4.01. The fourth-order valence-corrected chi connectivity index (χ4v) is 5.40. The quantitative estimate of drug-likeness (QED) is 0.402. The molecule has 35 heavy (non-hydrogen) atoms. The lowest BCUT2D eigenvalue weighted by molar-refractivity contribution is -0.120. The molecule has 0 radical (unpaired) electrons. The topological polar surface area (TPSA) is 66.5 Å². The molecule has 0 aliphatic carbocycles. The molecular formula is C28H33ClN2O3S. The Hall–Kier alpha value is -2.83. The van der Waals surface area contributed by atoms with Gasteiger partial charge >= 0.3 is 0 Å². The van der Waals surface area contributed by atoms with Gasteiger partial charge in [0.1, 0.15) is 6.54 Å². The Kier molecular flexibility index (Phi) is 7.97. The maximum Gasteiger partial charge on any atom is 0.264 e. The van der Waals surface area contributed by atoms with E-state index in [9.17, 15) is 13.2 Å². The molecule has 7 heteroatoms. The van der Waals surface area contributed by atoms with Crippen LogP contribution in [-0.2, 0) is 20.2 Å². The highest BCUT2D eigenvalue weighted by Crippen LogP contribution is 2.30. The largest absolute Gasteiger partial charge is 0.348 e. The van der Waals surface area contributed by atoms with E-state index < -0.39 is 15.9 Å². The number of halogens is 1. The van der Waals surface area contributed by atoms with Gasteiger partial charge in [0.15, 0.2) is 0 Å². The third-order valence-corrected chi connectivity index (χ3v) is 8.00. The van der Waals surface area contributed by atoms with E-state index in [0.717, 1.165) is 15.4 Å². The van der Waals surface area contributed by atoms with Crippen LogP contribution in [0.4, 0.5) is 5.69 Å². The molecule has 3 aromatic rings. The minimum absolute atomic E-state index is 0.0324. The SMILES string of the molecule is Cc1ccc(S(=O)(=O)N(CC(=O)N[C@H](C)c2ccc(C(C)(C)C)cc2)c2cc(Cl)ccc2C)cc1. The smallest absolute Gasteiger partial charge is 0.264 e. The van der Waals surface area contributed by atoms with Crippen LogP contribution in [0.3, 0.4) is 0 Å². The van der Waals surface area contributed by atoms with Crippen LogP contribution >= 0.6 is 11.6 Å². The van der Waals surface area contributed by atoms with Crippen molar-refractivity contribution in [3.63, 3.8) is 0 Å². The summed E-state index contributed by atoms with van der Waals surface area (Å²) in [6.07, 6.45) is 0. The number of hydrogen-bond acceptors (Lipinski definition) is 3. The van der Waals surface area contributed by atoms with Crippen molar-refractivity contribution in [2.45, 2.75) is 57.9 Å². The molecule has 0 spiro atoms. The van der Waals surface area contributed by atoms with Gasteiger partial charge in [-0.2, -0.15) is 0 Å². The van der Waals surface area contributed by atoms with Gasteiger partial charge in [0.05, 0.1) is 16.6 Å². The van der Waals surface area contributed by atoms with Crippen LogP contribution in [0, 0.1) is 13.8 Å². The zero-order valence-electron chi connectivity index (χ0n) is 21.1. The van der Waals surface area contributed by atoms with Crippen LogP contribution in [0.1, 0.15) is 56.0 Å². The molecule has 0 fully saturated rings. The second-order valence-corrected chi connectivity index (χ2v) is 12.2. The van der Waals surface area contributed by atoms with Crippen molar-refractivity contribution < 1.29 is 13.2 Å². The van der Waals surface area contributed by atoms with Crippen LogP contribution in [0.5, 0.6) is 0 Å². The van der Waals surface area contributed by atoms with E-state index in [1.807, 2.05) is 26.0 Å². The Balaban J connectivity index is 1.89. The number of carbonyl (C=O) groups is 1. The van der Waals surface area contributed by atoms with Gasteiger partial charge in [-0.15, -0.1) is 0 Å². The number of anilines is 1. The molecule has 0 saturated carbocycles. The second kappa shape index (κ2) is 10.4. The number of rotatable bonds is 7. The van der Waals surface area contributed by atoms with Gasteiger partial charge in [0.2, 0.25) is 5.91 Å². The van der Waals surface area contributed by atoms with Crippen molar-refractivity contribution in [2.75, 3.05) is 10.8 Å². The zero-order valence-corrected chi connectivity index (χ0v) is 22.7. The first-order chi connectivity index (χ1) is 16.3. The lowest BCUT2D eigenvalue weighted by atomic mass is 9.86. The summed E-state index contributed by atoms with van der Waals surface area (Å²) in [5, 5.41) is 3.33. The van der Waals surface area contributed by atoms with E-state index in [0.29, 0.717) is 16.3 Å². The molecule has 1 atom stereocenters. The molecular weight excluding hydrogens is 480 g/mol. The monoisotopic (exact) mass is 512 g/mol. The zero-order chi connectivity index (χ0) is 26.0. The minimum Gasteiger partial charge on any atom is -0.348 e. The van der Waals surface area contributed by atoms with Gasteiger partial charge in [-0.05, 0) is 67.1 Å². The summed E-state index contributed by atoms with van der Waals surface area (Å²) in [7, 11) is -4.01. The van der Waals surface area contributed by atoms with Crippen molar-refractivity contribution in [1.29, 1.82) is 0 Å². The fourth-order valence-electron chi connectivity index (χ4n) is 3.76. The number of hydrogen-bond donors (Lipinski definition) is 1. The average molecular weight is 513 g/mol. The molecule has 0 heterocycles. The maximum absolute atomic E-state index is 13.6. The van der Waals surface area contributed by atoms with E-state index in [-0.39, 0.29) is 22.9 Å². The molecule has 0 saturated heterocycles. The molecule has 0 bridgehead atoms. The third-order valence-electron chi connectivity index (χ3n) is 5.99. The maximum atomic E-state index is 13.6. The summed E-state index contributed by atoms with van der Waals surface area (Å²) in [6.45, 7) is 11.6. The first-order valence-corrected chi connectivity index (χ1v) is 13.4. The molecule has 3 aromatic carbocycles. The Morgan fingerprint density at radius 2 is 1.57 bits per heavy atom. The number of nitrogens with one attached hydrogen (secondary N) is 1. The van der Waals surface area contributed by atoms with Gasteiger partial charge in [0, 0.05) is 5.02 Å². The molecule has 1 amide bonds. The van der Waals surface area contributed by atoms with Crippen molar-refractivity contribution in [1.82, 2.24) is 5.32 Å². The van der Waals surface area contributed by atoms with E-state index >= 15 is 0 Å². The molecule has 0 aromatic heterocycles. The lowest BCUT2D eigenvalue weighted by Gasteiger charge is -2.27. The van der Waals surface area contributed by atoms with E-state index in [4.69, 9.17) is 11.6 Å². The third kappa shape index (κ3) is 6.44. The van der Waals surface area contributed by atoms with E-state index in [1.54, 1.807) is 49.4 Å². The number of aryl methyl sites for hydroxylation is 2. The molecule has 3 rings (SSSR count). The van der Waals surface area contributed by atoms with Crippen molar-refractivity contribution >= 4 is 33.2 Å². The van der Waals surface area contributed by atoms with Gasteiger partial charge in [-0.3, -0.25) is 9.10 Å². The van der Waals surface area contributed by atoms with Crippen LogP contribution in [0.2, 0.25) is 5.02 Å². The molecule has 0 aliphatic rings. The summed E-state index contributed by atoms with van der Waals surface area (Å²) in [6, 6.07) is 19.4. The van der Waals surface area contributed by atoms with E-state index in [2.05, 4.69) is 38.2 Å². The van der Waals surface area contributed by atoms with Gasteiger partial charge in [-0.1, -0.05) is 80.4 Å². The van der Waals surface area contributed by atoms with Crippen LogP contribution in [0.25, 0.3) is 0 Å². The van der Waals surface area contributed by atoms with Crippen LogP contribution in [-0.4, -0.2) is 20.9 Å². The highest BCUT2D eigenvalue weighted by Gasteiger charge is 2.29. The van der Waals surface area contributed by atoms with Gasteiger partial charge in [0.25, 0.3) is 10.0 Å². The summed E-state index contributed by atoms with van der Waals surface area (Å²) < 4.78 is 28.4. The van der Waals surface area contributed by atoms with Crippen LogP contribution in [0.15, 0.2) is 71.6 Å². The lowest BCUT2D eigenvalue weighted by Crippen LogP contribution is -2.42. The number of nitrogens with zero attached hydrogens (tertiary/aromatic N) is 1. The van der Waals surface area contributed by atoms with Crippen molar-refractivity contribution in [2.24, 2.45) is 0 Å². The number of sulfonamides is 1. The summed E-state index contributed by atoms with van der Waals surface area (Å²) >= 11 is 6.20. The first-order valence-electron chi connectivity index (χ1n) is 11.5. The Bertz CT molecular complexity index is 1300. The van der Waals surface area contributed by atoms with Gasteiger partial charge < -0.3 is 5.32 Å².